The lowest BCUT2D eigenvalue weighted by Crippen LogP contribution is -2.23. The second kappa shape index (κ2) is 5.96. The molecule has 0 aromatic carbocycles. The van der Waals surface area contributed by atoms with Gasteiger partial charge in [-0.15, -0.1) is 0 Å². The Kier molecular flexibility index (Phi) is 4.85. The minimum atomic E-state index is -3.46. The molecule has 0 unspecified atom stereocenters. The maximum atomic E-state index is 10.9. The zero-order valence-corrected chi connectivity index (χ0v) is 11.6. The van der Waals surface area contributed by atoms with E-state index in [-0.39, 0.29) is 18.2 Å². The van der Waals surface area contributed by atoms with Crippen LogP contribution in [0.5, 0.6) is 0 Å². The molecule has 0 aliphatic rings. The van der Waals surface area contributed by atoms with Crippen LogP contribution >= 0.6 is 0 Å². The fourth-order valence-electron chi connectivity index (χ4n) is 1.59. The van der Waals surface area contributed by atoms with Crippen LogP contribution in [-0.4, -0.2) is 37.7 Å². The Balaban J connectivity index is 2.88. The van der Waals surface area contributed by atoms with Gasteiger partial charge in [-0.1, -0.05) is 13.8 Å². The molecule has 0 radical (unpaired) electrons. The van der Waals surface area contributed by atoms with Crippen LogP contribution in [0.25, 0.3) is 0 Å². The van der Waals surface area contributed by atoms with Crippen molar-refractivity contribution in [2.24, 2.45) is 5.14 Å². The summed E-state index contributed by atoms with van der Waals surface area (Å²) in [6.45, 7) is 4.26. The van der Waals surface area contributed by atoms with Crippen molar-refractivity contribution in [1.29, 1.82) is 0 Å². The zero-order valence-electron chi connectivity index (χ0n) is 10.8. The van der Waals surface area contributed by atoms with E-state index in [2.05, 4.69) is 20.6 Å². The van der Waals surface area contributed by atoms with Crippen LogP contribution in [0.3, 0.4) is 0 Å². The standard InChI is InChI=1S/C10H19N5O2S/c1-7(2)8-9(12-3)14-6-15-10(8)13-4-5-18(11,16)17/h6-7H,4-5H2,1-3H3,(H2,11,16,17)(H2,12,13,14,15). The number of rotatable bonds is 6. The van der Waals surface area contributed by atoms with Gasteiger partial charge in [0.2, 0.25) is 10.0 Å². The van der Waals surface area contributed by atoms with Crippen LogP contribution in [0.1, 0.15) is 25.3 Å². The molecule has 1 aromatic rings. The number of nitrogens with one attached hydrogen (secondary N) is 2. The van der Waals surface area contributed by atoms with Gasteiger partial charge in [0.25, 0.3) is 0 Å². The third kappa shape index (κ3) is 4.11. The normalized spacial score (nSPS) is 11.6. The summed E-state index contributed by atoms with van der Waals surface area (Å²) in [5.74, 6) is 1.44. The lowest BCUT2D eigenvalue weighted by atomic mass is 10.0. The molecule has 4 N–H and O–H groups in total. The molecule has 1 aromatic heterocycles. The molecule has 0 bridgehead atoms. The molecule has 0 saturated carbocycles. The number of nitrogens with zero attached hydrogens (tertiary/aromatic N) is 2. The van der Waals surface area contributed by atoms with Crippen molar-refractivity contribution in [2.75, 3.05) is 30.0 Å². The Morgan fingerprint density at radius 3 is 2.44 bits per heavy atom. The third-order valence-electron chi connectivity index (χ3n) is 2.38. The molecule has 18 heavy (non-hydrogen) atoms. The van der Waals surface area contributed by atoms with E-state index < -0.39 is 10.0 Å². The highest BCUT2D eigenvalue weighted by Gasteiger charge is 2.14. The van der Waals surface area contributed by atoms with Gasteiger partial charge in [0.1, 0.15) is 18.0 Å². The first kappa shape index (κ1) is 14.7. The maximum Gasteiger partial charge on any atom is 0.210 e. The quantitative estimate of drug-likeness (QED) is 0.689. The number of nitrogens with two attached hydrogens (primary N) is 1. The lowest BCUT2D eigenvalue weighted by Gasteiger charge is -2.16. The number of hydrogen-bond acceptors (Lipinski definition) is 6. The first-order chi connectivity index (χ1) is 8.35. The van der Waals surface area contributed by atoms with Gasteiger partial charge in [-0.05, 0) is 5.92 Å². The number of aromatic nitrogens is 2. The van der Waals surface area contributed by atoms with Crippen LogP contribution in [0.15, 0.2) is 6.33 Å². The molecule has 0 saturated heterocycles. The van der Waals surface area contributed by atoms with Crippen molar-refractivity contribution in [3.05, 3.63) is 11.9 Å². The molecule has 0 aliphatic heterocycles. The van der Waals surface area contributed by atoms with E-state index in [0.29, 0.717) is 5.82 Å². The van der Waals surface area contributed by atoms with Crippen molar-refractivity contribution in [3.8, 4) is 0 Å². The summed E-state index contributed by atoms with van der Waals surface area (Å²) in [5, 5.41) is 10.9. The minimum Gasteiger partial charge on any atom is -0.373 e. The van der Waals surface area contributed by atoms with Crippen LogP contribution in [0, 0.1) is 0 Å². The van der Waals surface area contributed by atoms with E-state index in [0.717, 1.165) is 11.4 Å². The first-order valence-electron chi connectivity index (χ1n) is 5.62. The molecule has 0 spiro atoms. The zero-order chi connectivity index (χ0) is 13.8. The van der Waals surface area contributed by atoms with E-state index >= 15 is 0 Å². The summed E-state index contributed by atoms with van der Waals surface area (Å²) in [4.78, 5) is 8.26. The van der Waals surface area contributed by atoms with Crippen LogP contribution in [0.2, 0.25) is 0 Å². The van der Waals surface area contributed by atoms with Crippen LogP contribution < -0.4 is 15.8 Å². The number of anilines is 2. The van der Waals surface area contributed by atoms with Crippen molar-refractivity contribution in [1.82, 2.24) is 9.97 Å². The van der Waals surface area contributed by atoms with Crippen molar-refractivity contribution in [2.45, 2.75) is 19.8 Å². The van der Waals surface area contributed by atoms with Gasteiger partial charge in [0.05, 0.1) is 5.75 Å². The summed E-state index contributed by atoms with van der Waals surface area (Å²) in [6.07, 6.45) is 1.43. The number of hydrogen-bond donors (Lipinski definition) is 3. The fourth-order valence-corrected chi connectivity index (χ4v) is 1.98. The Bertz CT molecular complexity index is 501. The van der Waals surface area contributed by atoms with Gasteiger partial charge in [0, 0.05) is 19.2 Å². The molecule has 0 atom stereocenters. The molecule has 0 amide bonds. The molecule has 1 heterocycles. The van der Waals surface area contributed by atoms with E-state index in [1.165, 1.54) is 6.33 Å². The Morgan fingerprint density at radius 1 is 1.33 bits per heavy atom. The van der Waals surface area contributed by atoms with Gasteiger partial charge < -0.3 is 10.6 Å². The predicted molar refractivity (Wildman–Crippen MR) is 72.1 cm³/mol. The Hall–Kier alpha value is -1.41. The average molecular weight is 273 g/mol. The van der Waals surface area contributed by atoms with Gasteiger partial charge in [-0.3, -0.25) is 0 Å². The second-order valence-electron chi connectivity index (χ2n) is 4.18. The van der Waals surface area contributed by atoms with Crippen LogP contribution in [0.4, 0.5) is 11.6 Å². The van der Waals surface area contributed by atoms with Crippen molar-refractivity contribution in [3.63, 3.8) is 0 Å². The Morgan fingerprint density at radius 2 is 1.94 bits per heavy atom. The van der Waals surface area contributed by atoms with E-state index in [1.807, 2.05) is 13.8 Å². The number of primary sulfonamides is 1. The molecular weight excluding hydrogens is 254 g/mol. The third-order valence-corrected chi connectivity index (χ3v) is 3.15. The predicted octanol–water partition coefficient (Wildman–Crippen LogP) is 0.342. The summed E-state index contributed by atoms with van der Waals surface area (Å²) >= 11 is 0. The molecule has 102 valence electrons. The topological polar surface area (TPSA) is 110 Å². The average Bonchev–Trinajstić information content (AvgIpc) is 2.26. The minimum absolute atomic E-state index is 0.135. The SMILES string of the molecule is CNc1ncnc(NCCS(N)(=O)=O)c1C(C)C. The molecule has 1 rings (SSSR count). The lowest BCUT2D eigenvalue weighted by molar-refractivity contribution is 0.598. The highest BCUT2D eigenvalue weighted by Crippen LogP contribution is 2.27. The smallest absolute Gasteiger partial charge is 0.210 e. The molecule has 7 nitrogen and oxygen atoms in total. The monoisotopic (exact) mass is 273 g/mol. The molecule has 0 fully saturated rings. The van der Waals surface area contributed by atoms with E-state index in [9.17, 15) is 8.42 Å². The maximum absolute atomic E-state index is 10.9. The summed E-state index contributed by atoms with van der Waals surface area (Å²) in [5.41, 5.74) is 0.925. The second-order valence-corrected chi connectivity index (χ2v) is 5.92. The summed E-state index contributed by atoms with van der Waals surface area (Å²) in [6, 6.07) is 0. The summed E-state index contributed by atoms with van der Waals surface area (Å²) in [7, 11) is -1.68. The van der Waals surface area contributed by atoms with Crippen LogP contribution in [-0.2, 0) is 10.0 Å². The highest BCUT2D eigenvalue weighted by atomic mass is 32.2. The van der Waals surface area contributed by atoms with Gasteiger partial charge in [-0.2, -0.15) is 0 Å². The molecular formula is C10H19N5O2S. The fraction of sp³-hybridized carbons (Fsp3) is 0.600. The van der Waals surface area contributed by atoms with E-state index in [4.69, 9.17) is 5.14 Å². The summed E-state index contributed by atoms with van der Waals surface area (Å²) < 4.78 is 21.7. The van der Waals surface area contributed by atoms with Gasteiger partial charge in [0.15, 0.2) is 0 Å². The highest BCUT2D eigenvalue weighted by molar-refractivity contribution is 7.89. The Labute approximate surface area is 107 Å². The molecule has 8 heteroatoms. The van der Waals surface area contributed by atoms with Crippen molar-refractivity contribution < 1.29 is 8.42 Å². The van der Waals surface area contributed by atoms with Crippen molar-refractivity contribution >= 4 is 21.7 Å². The molecule has 0 aliphatic carbocycles. The van der Waals surface area contributed by atoms with Gasteiger partial charge >= 0.3 is 0 Å². The first-order valence-corrected chi connectivity index (χ1v) is 7.33. The largest absolute Gasteiger partial charge is 0.373 e. The van der Waals surface area contributed by atoms with E-state index in [1.54, 1.807) is 7.05 Å². The van der Waals surface area contributed by atoms with Gasteiger partial charge in [-0.25, -0.2) is 23.5 Å². The number of sulfonamides is 1.